The van der Waals surface area contributed by atoms with Crippen LogP contribution < -0.4 is 10.1 Å². The van der Waals surface area contributed by atoms with Crippen LogP contribution in [0.3, 0.4) is 0 Å². The first kappa shape index (κ1) is 23.1. The van der Waals surface area contributed by atoms with E-state index in [9.17, 15) is 9.59 Å². The van der Waals surface area contributed by atoms with Gasteiger partial charge < -0.3 is 15.0 Å². The first-order chi connectivity index (χ1) is 14.7. The molecule has 0 bridgehead atoms. The van der Waals surface area contributed by atoms with Gasteiger partial charge >= 0.3 is 6.09 Å². The van der Waals surface area contributed by atoms with Gasteiger partial charge in [-0.2, -0.15) is 0 Å². The Hall–Kier alpha value is -2.53. The normalized spacial score (nSPS) is 19.0. The van der Waals surface area contributed by atoms with Gasteiger partial charge in [-0.15, -0.1) is 0 Å². The molecule has 5 nitrogen and oxygen atoms in total. The molecule has 1 saturated heterocycles. The minimum absolute atomic E-state index is 0.0621. The summed E-state index contributed by atoms with van der Waals surface area (Å²) in [5, 5.41) is 3.50. The van der Waals surface area contributed by atoms with E-state index in [1.54, 1.807) is 24.3 Å². The van der Waals surface area contributed by atoms with Gasteiger partial charge in [0, 0.05) is 18.1 Å². The molecule has 0 aliphatic carbocycles. The maximum Gasteiger partial charge on any atom is 0.413 e. The van der Waals surface area contributed by atoms with Crippen molar-refractivity contribution in [2.24, 2.45) is 11.3 Å². The van der Waals surface area contributed by atoms with Gasteiger partial charge in [-0.05, 0) is 53.5 Å². The van der Waals surface area contributed by atoms with Gasteiger partial charge in [0.1, 0.15) is 11.8 Å². The molecule has 1 fully saturated rings. The molecule has 3 rings (SSSR count). The molecule has 166 valence electrons. The third-order valence-corrected chi connectivity index (χ3v) is 6.23. The summed E-state index contributed by atoms with van der Waals surface area (Å²) >= 11 is 6.05. The second-order valence-corrected chi connectivity index (χ2v) is 9.65. The highest BCUT2D eigenvalue weighted by Crippen LogP contribution is 2.42. The number of amides is 2. The summed E-state index contributed by atoms with van der Waals surface area (Å²) in [5.74, 6) is 0.651. The van der Waals surface area contributed by atoms with E-state index >= 15 is 0 Å². The van der Waals surface area contributed by atoms with Gasteiger partial charge in [-0.25, -0.2) is 4.79 Å². The lowest BCUT2D eigenvalue weighted by Gasteiger charge is -2.45. The summed E-state index contributed by atoms with van der Waals surface area (Å²) in [6, 6.07) is 16.2. The number of halogens is 1. The van der Waals surface area contributed by atoms with E-state index in [1.165, 1.54) is 5.56 Å². The second kappa shape index (κ2) is 9.73. The molecule has 1 heterocycles. The predicted octanol–water partition coefficient (Wildman–Crippen LogP) is 5.50. The molecule has 2 amide bonds. The summed E-state index contributed by atoms with van der Waals surface area (Å²) in [5.41, 5.74) is 1.14. The zero-order chi connectivity index (χ0) is 22.6. The topological polar surface area (TPSA) is 58.6 Å². The largest absolute Gasteiger partial charge is 0.413 e. The Labute approximate surface area is 189 Å². The van der Waals surface area contributed by atoms with Crippen molar-refractivity contribution < 1.29 is 14.3 Å². The molecular formula is C25H31ClN2O3. The van der Waals surface area contributed by atoms with Crippen LogP contribution in [0.25, 0.3) is 0 Å². The van der Waals surface area contributed by atoms with Crippen molar-refractivity contribution >= 4 is 23.6 Å². The number of benzene rings is 2. The van der Waals surface area contributed by atoms with E-state index in [2.05, 4.69) is 31.3 Å². The monoisotopic (exact) mass is 442 g/mol. The van der Waals surface area contributed by atoms with Crippen molar-refractivity contribution in [3.05, 3.63) is 65.2 Å². The fourth-order valence-corrected chi connectivity index (χ4v) is 4.45. The zero-order valence-corrected chi connectivity index (χ0v) is 19.4. The van der Waals surface area contributed by atoms with Crippen LogP contribution in [0.1, 0.15) is 45.6 Å². The number of piperidine rings is 1. The average Bonchev–Trinajstić information content (AvgIpc) is 2.72. The van der Waals surface area contributed by atoms with E-state index in [4.69, 9.17) is 16.3 Å². The Balaban J connectivity index is 1.67. The molecule has 0 unspecified atom stereocenters. The van der Waals surface area contributed by atoms with Crippen molar-refractivity contribution in [2.75, 3.05) is 13.1 Å². The van der Waals surface area contributed by atoms with Gasteiger partial charge in [0.2, 0.25) is 5.91 Å². The number of carbonyl (C=O) groups is 2. The molecule has 1 aliphatic rings. The summed E-state index contributed by atoms with van der Waals surface area (Å²) < 4.78 is 5.33. The van der Waals surface area contributed by atoms with Crippen molar-refractivity contribution in [3.63, 3.8) is 0 Å². The van der Waals surface area contributed by atoms with Crippen LogP contribution in [0.2, 0.25) is 5.02 Å². The molecule has 31 heavy (non-hydrogen) atoms. The number of ether oxygens (including phenoxy) is 1. The highest BCUT2D eigenvalue weighted by Gasteiger charge is 2.40. The minimum atomic E-state index is -0.640. The van der Waals surface area contributed by atoms with Crippen LogP contribution in [0, 0.1) is 11.3 Å². The van der Waals surface area contributed by atoms with Gasteiger partial charge in [-0.1, -0.05) is 69.6 Å². The Morgan fingerprint density at radius 2 is 1.74 bits per heavy atom. The number of rotatable bonds is 5. The number of likely N-dealkylation sites (tertiary alicyclic amines) is 1. The van der Waals surface area contributed by atoms with Crippen molar-refractivity contribution in [2.45, 2.75) is 46.1 Å². The Morgan fingerprint density at radius 1 is 1.10 bits per heavy atom. The Kier molecular flexibility index (Phi) is 7.26. The van der Waals surface area contributed by atoms with Crippen LogP contribution in [0.4, 0.5) is 4.79 Å². The quantitative estimate of drug-likeness (QED) is 0.665. The fourth-order valence-electron chi connectivity index (χ4n) is 4.32. The molecule has 0 spiro atoms. The summed E-state index contributed by atoms with van der Waals surface area (Å²) in [7, 11) is 0. The van der Waals surface area contributed by atoms with Crippen molar-refractivity contribution in [3.8, 4) is 5.75 Å². The molecule has 2 aromatic carbocycles. The smallest absolute Gasteiger partial charge is 0.410 e. The summed E-state index contributed by atoms with van der Waals surface area (Å²) in [6.45, 7) is 9.50. The average molecular weight is 443 g/mol. The zero-order valence-electron chi connectivity index (χ0n) is 18.6. The molecule has 2 aromatic rings. The SMILES string of the molecule is CC(C)[C@@H](NC(=O)Oc1ccccc1)C(=O)N1CC[C@H](c2ccc(Cl)cc2)C(C)(C)C1. The van der Waals surface area contributed by atoms with E-state index in [0.29, 0.717) is 24.8 Å². The van der Waals surface area contributed by atoms with Gasteiger partial charge in [0.15, 0.2) is 0 Å². The minimum Gasteiger partial charge on any atom is -0.410 e. The highest BCUT2D eigenvalue weighted by atomic mass is 35.5. The molecule has 1 N–H and O–H groups in total. The number of nitrogens with one attached hydrogen (secondary N) is 1. The third-order valence-electron chi connectivity index (χ3n) is 5.97. The van der Waals surface area contributed by atoms with Crippen LogP contribution in [-0.2, 0) is 4.79 Å². The number of para-hydroxylation sites is 1. The molecular weight excluding hydrogens is 412 g/mol. The molecule has 0 saturated carbocycles. The highest BCUT2D eigenvalue weighted by molar-refractivity contribution is 6.30. The third kappa shape index (κ3) is 5.79. The van der Waals surface area contributed by atoms with Gasteiger partial charge in [-0.3, -0.25) is 4.79 Å². The maximum atomic E-state index is 13.3. The standard InChI is InChI=1S/C25H31ClN2O3/c1-17(2)22(27-24(30)31-20-8-6-5-7-9-20)23(29)28-15-14-21(25(3,4)16-28)18-10-12-19(26)13-11-18/h5-13,17,21-22H,14-16H2,1-4H3,(H,27,30)/t21-,22-/m1/s1. The first-order valence-electron chi connectivity index (χ1n) is 10.7. The van der Waals surface area contributed by atoms with Crippen LogP contribution in [-0.4, -0.2) is 36.0 Å². The number of nitrogens with zero attached hydrogens (tertiary/aromatic N) is 1. The van der Waals surface area contributed by atoms with Crippen LogP contribution >= 0.6 is 11.6 Å². The molecule has 1 aliphatic heterocycles. The van der Waals surface area contributed by atoms with E-state index < -0.39 is 12.1 Å². The summed E-state index contributed by atoms with van der Waals surface area (Å²) in [4.78, 5) is 27.6. The lowest BCUT2D eigenvalue weighted by Crippen LogP contribution is -2.56. The maximum absolute atomic E-state index is 13.3. The molecule has 2 atom stereocenters. The van der Waals surface area contributed by atoms with Gasteiger partial charge in [0.25, 0.3) is 0 Å². The van der Waals surface area contributed by atoms with Gasteiger partial charge in [0.05, 0.1) is 0 Å². The number of hydrogen-bond acceptors (Lipinski definition) is 3. The van der Waals surface area contributed by atoms with E-state index in [-0.39, 0.29) is 17.2 Å². The number of hydrogen-bond donors (Lipinski definition) is 1. The van der Waals surface area contributed by atoms with Crippen LogP contribution in [0.5, 0.6) is 5.75 Å². The van der Waals surface area contributed by atoms with Crippen molar-refractivity contribution in [1.82, 2.24) is 10.2 Å². The summed E-state index contributed by atoms with van der Waals surface area (Å²) in [6.07, 6.45) is 0.244. The van der Waals surface area contributed by atoms with Crippen molar-refractivity contribution in [1.29, 1.82) is 0 Å². The predicted molar refractivity (Wildman–Crippen MR) is 123 cm³/mol. The first-order valence-corrected chi connectivity index (χ1v) is 11.1. The van der Waals surface area contributed by atoms with E-state index in [1.807, 2.05) is 36.9 Å². The molecule has 0 radical (unpaired) electrons. The molecule has 6 heteroatoms. The Morgan fingerprint density at radius 3 is 2.32 bits per heavy atom. The lowest BCUT2D eigenvalue weighted by atomic mass is 9.70. The molecule has 0 aromatic heterocycles. The van der Waals surface area contributed by atoms with Crippen LogP contribution in [0.15, 0.2) is 54.6 Å². The lowest BCUT2D eigenvalue weighted by molar-refractivity contribution is -0.138. The number of carbonyl (C=O) groups excluding carboxylic acids is 2. The fraction of sp³-hybridized carbons (Fsp3) is 0.440. The second-order valence-electron chi connectivity index (χ2n) is 9.21. The van der Waals surface area contributed by atoms with E-state index in [0.717, 1.165) is 11.4 Å². The Bertz CT molecular complexity index is 897.